The predicted octanol–water partition coefficient (Wildman–Crippen LogP) is 4.48. The molecule has 2 saturated carbocycles. The van der Waals surface area contributed by atoms with Crippen LogP contribution < -0.4 is 0 Å². The van der Waals surface area contributed by atoms with Crippen LogP contribution in [0.2, 0.25) is 0 Å². The van der Waals surface area contributed by atoms with E-state index in [4.69, 9.17) is 35.6 Å². The summed E-state index contributed by atoms with van der Waals surface area (Å²) in [5.74, 6) is 1.06. The molecule has 0 aromatic carbocycles. The molecule has 0 bridgehead atoms. The molecule has 174 valence electrons. The molecule has 0 aliphatic heterocycles. The quantitative estimate of drug-likeness (QED) is 0.575. The zero-order valence-corrected chi connectivity index (χ0v) is 19.1. The highest BCUT2D eigenvalue weighted by atomic mass is 35.5. The Hall–Kier alpha value is -1.80. The van der Waals surface area contributed by atoms with Gasteiger partial charge in [0.1, 0.15) is 18.0 Å². The van der Waals surface area contributed by atoms with E-state index < -0.39 is 12.1 Å². The largest absolute Gasteiger partial charge is 0.480 e. The lowest BCUT2D eigenvalue weighted by Crippen LogP contribution is -2.40. The zero-order valence-electron chi connectivity index (χ0n) is 18.3. The van der Waals surface area contributed by atoms with Crippen LogP contribution in [0.15, 0.2) is 4.42 Å². The van der Waals surface area contributed by atoms with Crippen molar-refractivity contribution in [2.75, 3.05) is 20.2 Å². The van der Waals surface area contributed by atoms with Crippen LogP contribution in [0.5, 0.6) is 0 Å². The molecule has 3 rings (SSSR count). The van der Waals surface area contributed by atoms with E-state index in [1.165, 1.54) is 12.0 Å². The summed E-state index contributed by atoms with van der Waals surface area (Å²) in [6.07, 6.45) is 7.06. The van der Waals surface area contributed by atoms with Gasteiger partial charge in [0.2, 0.25) is 0 Å². The van der Waals surface area contributed by atoms with Crippen molar-refractivity contribution in [2.24, 2.45) is 5.92 Å². The van der Waals surface area contributed by atoms with Crippen LogP contribution in [0.25, 0.3) is 0 Å². The number of nitrogens with zero attached hydrogens (tertiary/aromatic N) is 2. The first kappa shape index (κ1) is 23.9. The van der Waals surface area contributed by atoms with Crippen LogP contribution in [-0.2, 0) is 20.9 Å². The van der Waals surface area contributed by atoms with Gasteiger partial charge in [-0.2, -0.15) is 0 Å². The van der Waals surface area contributed by atoms with E-state index in [9.17, 15) is 9.59 Å². The first-order chi connectivity index (χ1) is 14.9. The molecule has 8 nitrogen and oxygen atoms in total. The topological polar surface area (TPSA) is 102 Å². The first-order valence-corrected chi connectivity index (χ1v) is 11.6. The number of aryl methyl sites for hydroxylation is 1. The van der Waals surface area contributed by atoms with Crippen LogP contribution in [-0.4, -0.2) is 58.7 Å². The molecule has 1 aromatic rings. The van der Waals surface area contributed by atoms with Gasteiger partial charge in [0.15, 0.2) is 5.89 Å². The molecule has 2 unspecified atom stereocenters. The minimum absolute atomic E-state index is 0.0503. The Bertz CT molecular complexity index is 746. The molecule has 9 heteroatoms. The molecule has 2 aliphatic rings. The fraction of sp³-hybridized carbons (Fsp3) is 0.773. The van der Waals surface area contributed by atoms with Crippen molar-refractivity contribution in [1.29, 1.82) is 0 Å². The molecule has 1 N–H and O–H groups in total. The number of carbonyl (C=O) groups is 2. The minimum atomic E-state index is -1.05. The highest BCUT2D eigenvalue weighted by Crippen LogP contribution is 2.35. The van der Waals surface area contributed by atoms with Gasteiger partial charge in [0.25, 0.3) is 0 Å². The molecular formula is C22H33ClN2O6. The summed E-state index contributed by atoms with van der Waals surface area (Å²) in [4.78, 5) is 28.9. The third-order valence-electron chi connectivity index (χ3n) is 6.34. The normalized spacial score (nSPS) is 26.4. The fourth-order valence-corrected chi connectivity index (χ4v) is 4.87. The maximum Gasteiger partial charge on any atom is 0.410 e. The summed E-state index contributed by atoms with van der Waals surface area (Å²) in [5.41, 5.74) is 0.840. The lowest BCUT2D eigenvalue weighted by molar-refractivity contribution is -0.138. The Morgan fingerprint density at radius 1 is 1.23 bits per heavy atom. The van der Waals surface area contributed by atoms with Gasteiger partial charge in [-0.1, -0.05) is 6.42 Å². The number of carboxylic acid groups (broad SMARTS) is 1. The van der Waals surface area contributed by atoms with Crippen molar-refractivity contribution in [2.45, 2.75) is 82.3 Å². The van der Waals surface area contributed by atoms with Crippen molar-refractivity contribution in [3.05, 3.63) is 17.3 Å². The number of halogens is 1. The van der Waals surface area contributed by atoms with E-state index in [-0.39, 0.29) is 23.9 Å². The average molecular weight is 457 g/mol. The van der Waals surface area contributed by atoms with E-state index in [0.29, 0.717) is 19.1 Å². The number of aromatic nitrogens is 1. The van der Waals surface area contributed by atoms with Gasteiger partial charge < -0.3 is 19.0 Å². The second-order valence-electron chi connectivity index (χ2n) is 8.71. The molecule has 0 saturated heterocycles. The first-order valence-electron chi connectivity index (χ1n) is 11.1. The third kappa shape index (κ3) is 6.84. The van der Waals surface area contributed by atoms with Crippen LogP contribution in [0, 0.1) is 12.8 Å². The molecule has 2 atom stereocenters. The smallest absolute Gasteiger partial charge is 0.410 e. The molecule has 31 heavy (non-hydrogen) atoms. The van der Waals surface area contributed by atoms with Crippen LogP contribution in [0.4, 0.5) is 4.79 Å². The number of rotatable bonds is 8. The molecule has 1 heterocycles. The number of alkyl halides is 1. The van der Waals surface area contributed by atoms with Crippen molar-refractivity contribution >= 4 is 23.7 Å². The Kier molecular flexibility index (Phi) is 8.60. The molecule has 1 amide bonds. The summed E-state index contributed by atoms with van der Waals surface area (Å²) in [5, 5.41) is 9.32. The van der Waals surface area contributed by atoms with Crippen molar-refractivity contribution < 1.29 is 28.6 Å². The van der Waals surface area contributed by atoms with E-state index in [1.807, 2.05) is 6.92 Å². The highest BCUT2D eigenvalue weighted by Gasteiger charge is 2.29. The second kappa shape index (κ2) is 11.2. The van der Waals surface area contributed by atoms with Gasteiger partial charge in [0.05, 0.1) is 19.8 Å². The van der Waals surface area contributed by atoms with E-state index in [2.05, 4.69) is 0 Å². The highest BCUT2D eigenvalue weighted by molar-refractivity contribution is 6.20. The maximum atomic E-state index is 11.9. The Labute approximate surface area is 188 Å². The lowest BCUT2D eigenvalue weighted by Gasteiger charge is -2.32. The summed E-state index contributed by atoms with van der Waals surface area (Å²) >= 11 is 6.21. The number of aliphatic carboxylic acids is 1. The summed E-state index contributed by atoms with van der Waals surface area (Å²) in [7, 11) is 1.26. The van der Waals surface area contributed by atoms with Crippen LogP contribution in [0.3, 0.4) is 0 Å². The Morgan fingerprint density at radius 2 is 1.97 bits per heavy atom. The number of carbonyl (C=O) groups excluding carboxylic acids is 1. The molecule has 0 radical (unpaired) electrons. The van der Waals surface area contributed by atoms with Crippen LogP contribution in [0.1, 0.15) is 74.6 Å². The van der Waals surface area contributed by atoms with Gasteiger partial charge in [-0.25, -0.2) is 9.78 Å². The number of oxazole rings is 1. The molecular weight excluding hydrogens is 424 g/mol. The maximum absolute atomic E-state index is 11.9. The zero-order chi connectivity index (χ0) is 22.4. The van der Waals surface area contributed by atoms with E-state index in [1.54, 1.807) is 0 Å². The second-order valence-corrected chi connectivity index (χ2v) is 9.33. The Morgan fingerprint density at radius 3 is 2.65 bits per heavy atom. The van der Waals surface area contributed by atoms with Gasteiger partial charge in [-0.15, -0.1) is 11.6 Å². The van der Waals surface area contributed by atoms with Crippen molar-refractivity contribution in [1.82, 2.24) is 9.88 Å². The molecule has 2 fully saturated rings. The number of hydrogen-bond donors (Lipinski definition) is 1. The molecule has 0 spiro atoms. The number of hydrogen-bond acceptors (Lipinski definition) is 6. The van der Waals surface area contributed by atoms with Gasteiger partial charge in [0, 0.05) is 17.8 Å². The summed E-state index contributed by atoms with van der Waals surface area (Å²) < 4.78 is 16.8. The number of ether oxygens (including phenoxy) is 2. The number of methoxy groups -OCH3 is 1. The number of amides is 1. The summed E-state index contributed by atoms with van der Waals surface area (Å²) in [6.45, 7) is 2.32. The summed E-state index contributed by atoms with van der Waals surface area (Å²) in [6, 6.07) is 0. The predicted molar refractivity (Wildman–Crippen MR) is 114 cm³/mol. The third-order valence-corrected chi connectivity index (χ3v) is 6.78. The van der Waals surface area contributed by atoms with Gasteiger partial charge >= 0.3 is 12.1 Å². The van der Waals surface area contributed by atoms with E-state index >= 15 is 0 Å². The van der Waals surface area contributed by atoms with Gasteiger partial charge in [-0.05, 0) is 57.8 Å². The minimum Gasteiger partial charge on any atom is -0.480 e. The molecule has 2 aliphatic carbocycles. The standard InChI is InChI=1S/C22H33ClN2O6/c1-14-19(24-21(31-14)16-6-8-17(23)9-7-16)13-30-18-5-3-4-15(10-18)11-25(12-20(26)27)22(28)29-2/h15-18H,3-13H2,1-2H3,(H,26,27). The number of carboxylic acids is 1. The monoisotopic (exact) mass is 456 g/mol. The average Bonchev–Trinajstić information content (AvgIpc) is 3.12. The van der Waals surface area contributed by atoms with E-state index in [0.717, 1.165) is 68.7 Å². The Balaban J connectivity index is 1.51. The van der Waals surface area contributed by atoms with Crippen LogP contribution >= 0.6 is 11.6 Å². The SMILES string of the molecule is COC(=O)N(CC(=O)O)CC1CCCC(OCc2nc(C3CCC(Cl)CC3)oc2C)C1. The lowest BCUT2D eigenvalue weighted by atomic mass is 9.87. The van der Waals surface area contributed by atoms with Crippen molar-refractivity contribution in [3.8, 4) is 0 Å². The fourth-order valence-electron chi connectivity index (χ4n) is 4.62. The molecule has 1 aromatic heterocycles. The van der Waals surface area contributed by atoms with Gasteiger partial charge in [-0.3, -0.25) is 9.69 Å². The van der Waals surface area contributed by atoms with Crippen molar-refractivity contribution in [3.63, 3.8) is 0 Å².